The number of carbonyl (C=O) groups excluding carboxylic acids is 1. The molecule has 3 rings (SSSR count). The van der Waals surface area contributed by atoms with Gasteiger partial charge in [0.15, 0.2) is 5.69 Å². The van der Waals surface area contributed by atoms with Crippen LogP contribution >= 0.6 is 0 Å². The molecule has 0 spiro atoms. The molecule has 1 aliphatic rings. The van der Waals surface area contributed by atoms with Gasteiger partial charge in [0.1, 0.15) is 6.26 Å². The summed E-state index contributed by atoms with van der Waals surface area (Å²) in [5, 5.41) is 16.6. The number of aliphatic hydroxyl groups is 1. The minimum Gasteiger partial charge on any atom is -0.390 e. The number of rotatable bonds is 4. The molecular formula is C15H18N4O3. The maximum absolute atomic E-state index is 11.9. The molecule has 2 atom stereocenters. The van der Waals surface area contributed by atoms with Crippen LogP contribution in [0, 0.1) is 0 Å². The van der Waals surface area contributed by atoms with Gasteiger partial charge in [-0.15, -0.1) is 0 Å². The maximum atomic E-state index is 11.9. The first-order valence-electron chi connectivity index (χ1n) is 7.24. The number of amides is 1. The third-order valence-electron chi connectivity index (χ3n) is 3.76. The smallest absolute Gasteiger partial charge is 0.273 e. The summed E-state index contributed by atoms with van der Waals surface area (Å²) in [5.74, 6) is -0.323. The number of aliphatic hydroxyl groups excluding tert-OH is 1. The molecule has 0 aliphatic carbocycles. The van der Waals surface area contributed by atoms with Gasteiger partial charge in [-0.25, -0.2) is 0 Å². The summed E-state index contributed by atoms with van der Waals surface area (Å²) in [6.45, 7) is 1.99. The fourth-order valence-corrected chi connectivity index (χ4v) is 2.60. The van der Waals surface area contributed by atoms with Crippen LogP contribution in [0.4, 0.5) is 0 Å². The zero-order valence-electron chi connectivity index (χ0n) is 12.1. The van der Waals surface area contributed by atoms with E-state index in [0.29, 0.717) is 19.5 Å². The SMILES string of the molecule is O=C(N[C@@H]1CCN(Cc2ccccn2)C[C@H]1O)c1ccon1. The summed E-state index contributed by atoms with van der Waals surface area (Å²) in [6.07, 6.45) is 3.17. The van der Waals surface area contributed by atoms with Gasteiger partial charge in [-0.1, -0.05) is 11.2 Å². The Hall–Kier alpha value is -2.25. The Bertz CT molecular complexity index is 603. The number of nitrogens with zero attached hydrogens (tertiary/aromatic N) is 3. The summed E-state index contributed by atoms with van der Waals surface area (Å²) in [5.41, 5.74) is 1.20. The lowest BCUT2D eigenvalue weighted by Gasteiger charge is -2.35. The molecule has 0 unspecified atom stereocenters. The van der Waals surface area contributed by atoms with Crippen molar-refractivity contribution >= 4 is 5.91 Å². The molecule has 1 fully saturated rings. The highest BCUT2D eigenvalue weighted by atomic mass is 16.5. The number of carbonyl (C=O) groups is 1. The molecule has 116 valence electrons. The van der Waals surface area contributed by atoms with E-state index in [-0.39, 0.29) is 17.6 Å². The lowest BCUT2D eigenvalue weighted by atomic mass is 10.0. The van der Waals surface area contributed by atoms with E-state index in [2.05, 4.69) is 24.9 Å². The maximum Gasteiger partial charge on any atom is 0.273 e. The Balaban J connectivity index is 1.53. The standard InChI is InChI=1S/C15H18N4O3/c20-14-10-19(9-11-3-1-2-6-16-11)7-4-12(14)17-15(21)13-5-8-22-18-13/h1-3,5-6,8,12,14,20H,4,7,9-10H2,(H,17,21)/t12-,14-/m1/s1. The van der Waals surface area contributed by atoms with E-state index in [4.69, 9.17) is 0 Å². The lowest BCUT2D eigenvalue weighted by molar-refractivity contribution is 0.0343. The topological polar surface area (TPSA) is 91.5 Å². The number of likely N-dealkylation sites (tertiary alicyclic amines) is 1. The number of aromatic nitrogens is 2. The highest BCUT2D eigenvalue weighted by Gasteiger charge is 2.29. The number of piperidine rings is 1. The molecule has 0 saturated carbocycles. The largest absolute Gasteiger partial charge is 0.390 e. The lowest BCUT2D eigenvalue weighted by Crippen LogP contribution is -2.53. The van der Waals surface area contributed by atoms with Crippen LogP contribution in [0.1, 0.15) is 22.6 Å². The third-order valence-corrected chi connectivity index (χ3v) is 3.76. The number of hydrogen-bond acceptors (Lipinski definition) is 6. The van der Waals surface area contributed by atoms with E-state index in [9.17, 15) is 9.90 Å². The molecule has 7 nitrogen and oxygen atoms in total. The monoisotopic (exact) mass is 302 g/mol. The molecule has 1 saturated heterocycles. The zero-order chi connectivity index (χ0) is 15.4. The second kappa shape index (κ2) is 6.67. The number of pyridine rings is 1. The van der Waals surface area contributed by atoms with Crippen molar-refractivity contribution in [2.75, 3.05) is 13.1 Å². The molecule has 1 amide bonds. The minimum atomic E-state index is -0.617. The van der Waals surface area contributed by atoms with Gasteiger partial charge in [0, 0.05) is 31.9 Å². The third kappa shape index (κ3) is 3.49. The van der Waals surface area contributed by atoms with Gasteiger partial charge in [-0.05, 0) is 18.6 Å². The van der Waals surface area contributed by atoms with Gasteiger partial charge in [0.2, 0.25) is 0 Å². The van der Waals surface area contributed by atoms with E-state index >= 15 is 0 Å². The quantitative estimate of drug-likeness (QED) is 0.851. The molecule has 3 heterocycles. The van der Waals surface area contributed by atoms with Crippen molar-refractivity contribution in [3.05, 3.63) is 48.1 Å². The molecule has 7 heteroatoms. The van der Waals surface area contributed by atoms with Gasteiger partial charge in [-0.3, -0.25) is 14.7 Å². The molecule has 2 aromatic heterocycles. The normalized spacial score (nSPS) is 22.4. The highest BCUT2D eigenvalue weighted by Crippen LogP contribution is 2.14. The van der Waals surface area contributed by atoms with Crippen LogP contribution in [-0.4, -0.2) is 51.3 Å². The van der Waals surface area contributed by atoms with Crippen molar-refractivity contribution in [3.63, 3.8) is 0 Å². The molecule has 0 aromatic carbocycles. The number of nitrogens with one attached hydrogen (secondary N) is 1. The van der Waals surface area contributed by atoms with E-state index in [1.54, 1.807) is 6.20 Å². The number of hydrogen-bond donors (Lipinski definition) is 2. The van der Waals surface area contributed by atoms with Crippen molar-refractivity contribution in [2.45, 2.75) is 25.1 Å². The Morgan fingerprint density at radius 3 is 3.05 bits per heavy atom. The van der Waals surface area contributed by atoms with Gasteiger partial charge < -0.3 is 14.9 Å². The van der Waals surface area contributed by atoms with Crippen LogP contribution in [0.15, 0.2) is 41.2 Å². The van der Waals surface area contributed by atoms with Gasteiger partial charge >= 0.3 is 0 Å². The van der Waals surface area contributed by atoms with Crippen LogP contribution < -0.4 is 5.32 Å². The predicted molar refractivity (Wildman–Crippen MR) is 77.9 cm³/mol. The van der Waals surface area contributed by atoms with Gasteiger partial charge in [-0.2, -0.15) is 0 Å². The Morgan fingerprint density at radius 2 is 2.36 bits per heavy atom. The van der Waals surface area contributed by atoms with Crippen LogP contribution in [-0.2, 0) is 6.54 Å². The van der Waals surface area contributed by atoms with Crippen LogP contribution in [0.5, 0.6) is 0 Å². The summed E-state index contributed by atoms with van der Waals surface area (Å²) in [6, 6.07) is 7.01. The first-order valence-corrected chi connectivity index (χ1v) is 7.24. The Morgan fingerprint density at radius 1 is 1.45 bits per heavy atom. The van der Waals surface area contributed by atoms with Crippen molar-refractivity contribution < 1.29 is 14.4 Å². The molecular weight excluding hydrogens is 284 g/mol. The molecule has 22 heavy (non-hydrogen) atoms. The average molecular weight is 302 g/mol. The van der Waals surface area contributed by atoms with Crippen molar-refractivity contribution in [3.8, 4) is 0 Å². The molecule has 0 bridgehead atoms. The van der Waals surface area contributed by atoms with Crippen molar-refractivity contribution in [1.82, 2.24) is 20.4 Å². The fraction of sp³-hybridized carbons (Fsp3) is 0.400. The van der Waals surface area contributed by atoms with E-state index < -0.39 is 6.10 Å². The minimum absolute atomic E-state index is 0.225. The second-order valence-electron chi connectivity index (χ2n) is 5.38. The Kier molecular flexibility index (Phi) is 4.45. The molecule has 1 aliphatic heterocycles. The van der Waals surface area contributed by atoms with E-state index in [1.807, 2.05) is 18.2 Å². The van der Waals surface area contributed by atoms with Crippen LogP contribution in [0.2, 0.25) is 0 Å². The summed E-state index contributed by atoms with van der Waals surface area (Å²) in [7, 11) is 0. The summed E-state index contributed by atoms with van der Waals surface area (Å²) >= 11 is 0. The van der Waals surface area contributed by atoms with Crippen molar-refractivity contribution in [1.29, 1.82) is 0 Å². The van der Waals surface area contributed by atoms with Gasteiger partial charge in [0.25, 0.3) is 5.91 Å². The molecule has 2 N–H and O–H groups in total. The van der Waals surface area contributed by atoms with Crippen LogP contribution in [0.3, 0.4) is 0 Å². The zero-order valence-corrected chi connectivity index (χ0v) is 12.1. The summed E-state index contributed by atoms with van der Waals surface area (Å²) in [4.78, 5) is 18.3. The Labute approximate surface area is 127 Å². The van der Waals surface area contributed by atoms with E-state index in [1.165, 1.54) is 12.3 Å². The van der Waals surface area contributed by atoms with Crippen molar-refractivity contribution in [2.24, 2.45) is 0 Å². The first-order chi connectivity index (χ1) is 10.7. The molecule has 0 radical (unpaired) electrons. The average Bonchev–Trinajstić information content (AvgIpc) is 3.05. The van der Waals surface area contributed by atoms with Gasteiger partial charge in [0.05, 0.1) is 17.8 Å². The number of β-amino-alcohol motifs (C(OH)–C–C–N with tert-alkyl or cyclic N) is 1. The highest BCUT2D eigenvalue weighted by molar-refractivity contribution is 5.92. The fourth-order valence-electron chi connectivity index (χ4n) is 2.60. The molecule has 2 aromatic rings. The first kappa shape index (κ1) is 14.7. The summed E-state index contributed by atoms with van der Waals surface area (Å²) < 4.78 is 4.65. The van der Waals surface area contributed by atoms with Crippen LogP contribution in [0.25, 0.3) is 0 Å². The van der Waals surface area contributed by atoms with E-state index in [0.717, 1.165) is 12.2 Å². The second-order valence-corrected chi connectivity index (χ2v) is 5.38. The predicted octanol–water partition coefficient (Wildman–Crippen LogP) is 0.435.